The molecule has 0 aliphatic carbocycles. The van der Waals surface area contributed by atoms with E-state index >= 15 is 0 Å². The number of nitrogens with two attached hydrogens (primary N) is 1. The Hall–Kier alpha value is -2.51. The normalized spacial score (nSPS) is 13.3. The number of carbonyl (C=O) groups is 3. The summed E-state index contributed by atoms with van der Waals surface area (Å²) in [6.45, 7) is 4.47. The van der Waals surface area contributed by atoms with Crippen molar-refractivity contribution in [2.45, 2.75) is 32.9 Å². The van der Waals surface area contributed by atoms with Gasteiger partial charge in [0.25, 0.3) is 11.8 Å². The van der Waals surface area contributed by atoms with Gasteiger partial charge in [0.05, 0.1) is 0 Å². The SMILES string of the molecule is CC(C)[C@H](NC(=O)c1c(F)cccc1F)C(=O)O[C@@H](C)C(N)=O. The Morgan fingerprint density at radius 3 is 2.09 bits per heavy atom. The zero-order valence-corrected chi connectivity index (χ0v) is 12.9. The molecular weight excluding hydrogens is 310 g/mol. The van der Waals surface area contributed by atoms with E-state index in [-0.39, 0.29) is 0 Å². The first-order valence-corrected chi connectivity index (χ1v) is 6.89. The molecule has 3 N–H and O–H groups in total. The number of ether oxygens (including phenoxy) is 1. The number of benzene rings is 1. The van der Waals surface area contributed by atoms with Gasteiger partial charge in [0.1, 0.15) is 23.2 Å². The first kappa shape index (κ1) is 18.5. The van der Waals surface area contributed by atoms with E-state index in [1.54, 1.807) is 13.8 Å². The Morgan fingerprint density at radius 2 is 1.65 bits per heavy atom. The van der Waals surface area contributed by atoms with Crippen LogP contribution in [0.1, 0.15) is 31.1 Å². The van der Waals surface area contributed by atoms with E-state index in [2.05, 4.69) is 5.32 Å². The molecule has 0 saturated carbocycles. The largest absolute Gasteiger partial charge is 0.451 e. The molecule has 1 aromatic carbocycles. The maximum Gasteiger partial charge on any atom is 0.329 e. The zero-order chi connectivity index (χ0) is 17.7. The van der Waals surface area contributed by atoms with Crippen LogP contribution < -0.4 is 11.1 Å². The van der Waals surface area contributed by atoms with Gasteiger partial charge in [0.2, 0.25) is 0 Å². The Kier molecular flexibility index (Phi) is 6.18. The maximum atomic E-state index is 13.6. The summed E-state index contributed by atoms with van der Waals surface area (Å²) < 4.78 is 32.0. The Balaban J connectivity index is 2.94. The van der Waals surface area contributed by atoms with Crippen molar-refractivity contribution in [1.29, 1.82) is 0 Å². The van der Waals surface area contributed by atoms with Gasteiger partial charge in [-0.3, -0.25) is 9.59 Å². The van der Waals surface area contributed by atoms with Crippen molar-refractivity contribution in [3.8, 4) is 0 Å². The molecule has 0 radical (unpaired) electrons. The summed E-state index contributed by atoms with van der Waals surface area (Å²) in [5, 5.41) is 2.21. The van der Waals surface area contributed by atoms with E-state index in [1.165, 1.54) is 6.92 Å². The average Bonchev–Trinajstić information content (AvgIpc) is 2.43. The van der Waals surface area contributed by atoms with Crippen LogP contribution in [0.5, 0.6) is 0 Å². The van der Waals surface area contributed by atoms with Crippen LogP contribution in [-0.4, -0.2) is 29.9 Å². The fourth-order valence-corrected chi connectivity index (χ4v) is 1.73. The number of esters is 1. The molecule has 0 aromatic heterocycles. The van der Waals surface area contributed by atoms with Gasteiger partial charge in [0, 0.05) is 0 Å². The standard InChI is InChI=1S/C15H18F2N2O4/c1-7(2)12(15(22)23-8(3)13(18)20)19-14(21)11-9(16)5-4-6-10(11)17/h4-8,12H,1-3H3,(H2,18,20)(H,19,21)/t8-,12-/m0/s1. The molecule has 126 valence electrons. The molecule has 0 spiro atoms. The van der Waals surface area contributed by atoms with Gasteiger partial charge in [0.15, 0.2) is 6.10 Å². The number of nitrogens with one attached hydrogen (secondary N) is 1. The molecule has 0 saturated heterocycles. The second-order valence-electron chi connectivity index (χ2n) is 5.27. The quantitative estimate of drug-likeness (QED) is 0.765. The Morgan fingerprint density at radius 1 is 1.13 bits per heavy atom. The number of hydrogen-bond donors (Lipinski definition) is 2. The predicted molar refractivity (Wildman–Crippen MR) is 77.2 cm³/mol. The molecular formula is C15H18F2N2O4. The molecule has 8 heteroatoms. The number of primary amides is 1. The van der Waals surface area contributed by atoms with Crippen LogP contribution in [0.3, 0.4) is 0 Å². The van der Waals surface area contributed by atoms with Crippen molar-refractivity contribution in [3.05, 3.63) is 35.4 Å². The van der Waals surface area contributed by atoms with Crippen LogP contribution in [0.4, 0.5) is 8.78 Å². The summed E-state index contributed by atoms with van der Waals surface area (Å²) in [4.78, 5) is 35.0. The molecule has 2 amide bonds. The van der Waals surface area contributed by atoms with E-state index in [9.17, 15) is 23.2 Å². The van der Waals surface area contributed by atoms with Crippen LogP contribution in [0, 0.1) is 17.6 Å². The Bertz CT molecular complexity index is 599. The summed E-state index contributed by atoms with van der Waals surface area (Å²) in [5.41, 5.74) is 4.19. The minimum absolute atomic E-state index is 0.443. The topological polar surface area (TPSA) is 98.5 Å². The Labute approximate surface area is 132 Å². The highest BCUT2D eigenvalue weighted by molar-refractivity contribution is 5.97. The van der Waals surface area contributed by atoms with Crippen molar-refractivity contribution in [2.75, 3.05) is 0 Å². The lowest BCUT2D eigenvalue weighted by Gasteiger charge is -2.22. The molecule has 0 bridgehead atoms. The van der Waals surface area contributed by atoms with Crippen LogP contribution in [0.25, 0.3) is 0 Å². The number of amides is 2. The van der Waals surface area contributed by atoms with Gasteiger partial charge in [-0.25, -0.2) is 13.6 Å². The van der Waals surface area contributed by atoms with E-state index in [0.29, 0.717) is 0 Å². The maximum absolute atomic E-state index is 13.6. The van der Waals surface area contributed by atoms with E-state index in [0.717, 1.165) is 18.2 Å². The van der Waals surface area contributed by atoms with Crippen molar-refractivity contribution in [3.63, 3.8) is 0 Å². The summed E-state index contributed by atoms with van der Waals surface area (Å²) in [7, 11) is 0. The molecule has 2 atom stereocenters. The van der Waals surface area contributed by atoms with Crippen LogP contribution in [0.2, 0.25) is 0 Å². The van der Waals surface area contributed by atoms with Crippen LogP contribution in [0.15, 0.2) is 18.2 Å². The van der Waals surface area contributed by atoms with Crippen molar-refractivity contribution in [2.24, 2.45) is 11.7 Å². The lowest BCUT2D eigenvalue weighted by atomic mass is 10.0. The smallest absolute Gasteiger partial charge is 0.329 e. The third-order valence-corrected chi connectivity index (χ3v) is 3.09. The number of rotatable bonds is 6. The first-order chi connectivity index (χ1) is 10.6. The highest BCUT2D eigenvalue weighted by Gasteiger charge is 2.30. The molecule has 6 nitrogen and oxygen atoms in total. The van der Waals surface area contributed by atoms with Gasteiger partial charge in [-0.1, -0.05) is 19.9 Å². The summed E-state index contributed by atoms with van der Waals surface area (Å²) in [6, 6.07) is 1.78. The van der Waals surface area contributed by atoms with Crippen molar-refractivity contribution in [1.82, 2.24) is 5.32 Å². The number of carbonyl (C=O) groups excluding carboxylic acids is 3. The summed E-state index contributed by atoms with van der Waals surface area (Å²) in [6.07, 6.45) is -1.19. The zero-order valence-electron chi connectivity index (χ0n) is 12.9. The van der Waals surface area contributed by atoms with E-state index < -0.39 is 53.0 Å². The van der Waals surface area contributed by atoms with Crippen LogP contribution in [-0.2, 0) is 14.3 Å². The van der Waals surface area contributed by atoms with Gasteiger partial charge in [-0.05, 0) is 25.0 Å². The van der Waals surface area contributed by atoms with Gasteiger partial charge in [-0.2, -0.15) is 0 Å². The molecule has 0 unspecified atom stereocenters. The fourth-order valence-electron chi connectivity index (χ4n) is 1.73. The van der Waals surface area contributed by atoms with Crippen molar-refractivity contribution < 1.29 is 27.9 Å². The summed E-state index contributed by atoms with van der Waals surface area (Å²) in [5.74, 6) is -5.42. The van der Waals surface area contributed by atoms with Crippen molar-refractivity contribution >= 4 is 17.8 Å². The molecule has 1 rings (SSSR count). The molecule has 1 aromatic rings. The van der Waals surface area contributed by atoms with Gasteiger partial charge in [-0.15, -0.1) is 0 Å². The monoisotopic (exact) mass is 328 g/mol. The first-order valence-electron chi connectivity index (χ1n) is 6.89. The predicted octanol–water partition coefficient (Wildman–Crippen LogP) is 1.14. The summed E-state index contributed by atoms with van der Waals surface area (Å²) >= 11 is 0. The van der Waals surface area contributed by atoms with Gasteiger partial charge < -0.3 is 15.8 Å². The van der Waals surface area contributed by atoms with Gasteiger partial charge >= 0.3 is 5.97 Å². The lowest BCUT2D eigenvalue weighted by molar-refractivity contribution is -0.156. The highest BCUT2D eigenvalue weighted by Crippen LogP contribution is 2.14. The second kappa shape index (κ2) is 7.66. The van der Waals surface area contributed by atoms with Crippen LogP contribution >= 0.6 is 0 Å². The van der Waals surface area contributed by atoms with E-state index in [4.69, 9.17) is 10.5 Å². The fraction of sp³-hybridized carbons (Fsp3) is 0.400. The lowest BCUT2D eigenvalue weighted by Crippen LogP contribution is -2.47. The van der Waals surface area contributed by atoms with E-state index in [1.807, 2.05) is 0 Å². The molecule has 23 heavy (non-hydrogen) atoms. The third kappa shape index (κ3) is 4.73. The number of halogens is 2. The average molecular weight is 328 g/mol. The number of hydrogen-bond acceptors (Lipinski definition) is 4. The molecule has 0 heterocycles. The molecule has 0 fully saturated rings. The minimum atomic E-state index is -1.19. The minimum Gasteiger partial charge on any atom is -0.451 e. The molecule has 0 aliphatic heterocycles. The molecule has 0 aliphatic rings. The highest BCUT2D eigenvalue weighted by atomic mass is 19.1. The second-order valence-corrected chi connectivity index (χ2v) is 5.27. The third-order valence-electron chi connectivity index (χ3n) is 3.09.